The number of anilines is 1. The van der Waals surface area contributed by atoms with Crippen molar-refractivity contribution in [3.8, 4) is 11.4 Å². The summed E-state index contributed by atoms with van der Waals surface area (Å²) in [6, 6.07) is 12.1. The van der Waals surface area contributed by atoms with Crippen molar-refractivity contribution in [2.45, 2.75) is 26.9 Å². The Morgan fingerprint density at radius 3 is 2.42 bits per heavy atom. The average molecular weight is 497 g/mol. The Morgan fingerprint density at radius 1 is 1.00 bits per heavy atom. The molecule has 0 radical (unpaired) electrons. The van der Waals surface area contributed by atoms with Crippen LogP contribution in [0.3, 0.4) is 0 Å². The Bertz CT molecular complexity index is 1410. The number of carbonyl (C=O) groups excluding carboxylic acids is 3. The van der Waals surface area contributed by atoms with Gasteiger partial charge in [-0.3, -0.25) is 14.9 Å². The number of barbiturate groups is 1. The second-order valence-corrected chi connectivity index (χ2v) is 8.07. The molecule has 1 aliphatic rings. The van der Waals surface area contributed by atoms with Gasteiger partial charge in [-0.25, -0.2) is 9.69 Å². The van der Waals surface area contributed by atoms with Crippen LogP contribution in [-0.4, -0.2) is 29.0 Å². The predicted octanol–water partition coefficient (Wildman–Crippen LogP) is 5.18. The molecule has 4 rings (SSSR count). The van der Waals surface area contributed by atoms with Gasteiger partial charge in [0.15, 0.2) is 0 Å². The topological polar surface area (TPSA) is 80.6 Å². The summed E-state index contributed by atoms with van der Waals surface area (Å²) in [5.41, 5.74) is 0.195. The minimum Gasteiger partial charge on any atom is -0.494 e. The number of alkyl halides is 3. The van der Waals surface area contributed by atoms with Crippen molar-refractivity contribution in [1.82, 2.24) is 9.88 Å². The minimum atomic E-state index is -4.57. The smallest absolute Gasteiger partial charge is 0.418 e. The number of hydrogen-bond donors (Lipinski definition) is 1. The predicted molar refractivity (Wildman–Crippen MR) is 127 cm³/mol. The number of benzene rings is 2. The van der Waals surface area contributed by atoms with E-state index < -0.39 is 29.6 Å². The van der Waals surface area contributed by atoms with Gasteiger partial charge < -0.3 is 9.30 Å². The number of amides is 4. The molecule has 1 fully saturated rings. The SMILES string of the molecule is CCOc1cccc(N2C(=O)NC(=O)/C(=C\c3cc(C)n(-c4ccccc4C(F)(F)F)c3C)C2=O)c1. The number of aromatic nitrogens is 1. The van der Waals surface area contributed by atoms with E-state index in [0.717, 1.165) is 11.0 Å². The minimum absolute atomic E-state index is 0.0754. The molecule has 186 valence electrons. The van der Waals surface area contributed by atoms with Crippen LogP contribution in [0.15, 0.2) is 60.2 Å². The fourth-order valence-corrected chi connectivity index (χ4v) is 4.14. The number of urea groups is 1. The number of ether oxygens (including phenoxy) is 1. The number of halogens is 3. The van der Waals surface area contributed by atoms with E-state index in [-0.39, 0.29) is 16.9 Å². The number of nitrogens with one attached hydrogen (secondary N) is 1. The van der Waals surface area contributed by atoms with Crippen LogP contribution in [0.4, 0.5) is 23.7 Å². The van der Waals surface area contributed by atoms with Gasteiger partial charge in [-0.15, -0.1) is 0 Å². The molecular formula is C26H22F3N3O4. The number of carbonyl (C=O) groups is 3. The molecule has 0 atom stereocenters. The van der Waals surface area contributed by atoms with E-state index >= 15 is 0 Å². The lowest BCUT2D eigenvalue weighted by Gasteiger charge is -2.26. The third-order valence-electron chi connectivity index (χ3n) is 5.71. The number of rotatable bonds is 5. The molecule has 10 heteroatoms. The summed E-state index contributed by atoms with van der Waals surface area (Å²) in [4.78, 5) is 39.2. The molecule has 1 N–H and O–H groups in total. The lowest BCUT2D eigenvalue weighted by Crippen LogP contribution is -2.54. The van der Waals surface area contributed by atoms with Crippen LogP contribution in [-0.2, 0) is 15.8 Å². The van der Waals surface area contributed by atoms with E-state index in [0.29, 0.717) is 29.3 Å². The Morgan fingerprint density at radius 2 is 1.72 bits per heavy atom. The molecule has 7 nitrogen and oxygen atoms in total. The number of hydrogen-bond acceptors (Lipinski definition) is 4. The van der Waals surface area contributed by atoms with E-state index in [4.69, 9.17) is 4.74 Å². The highest BCUT2D eigenvalue weighted by Gasteiger charge is 2.38. The van der Waals surface area contributed by atoms with E-state index in [1.54, 1.807) is 39.0 Å². The third-order valence-corrected chi connectivity index (χ3v) is 5.71. The van der Waals surface area contributed by atoms with Gasteiger partial charge in [-0.2, -0.15) is 13.2 Å². The van der Waals surface area contributed by atoms with Crippen molar-refractivity contribution in [2.75, 3.05) is 11.5 Å². The summed E-state index contributed by atoms with van der Waals surface area (Å²) in [6.45, 7) is 5.38. The largest absolute Gasteiger partial charge is 0.494 e. The van der Waals surface area contributed by atoms with E-state index in [1.165, 1.54) is 41.0 Å². The second-order valence-electron chi connectivity index (χ2n) is 8.07. The summed E-state index contributed by atoms with van der Waals surface area (Å²) in [7, 11) is 0. The highest BCUT2D eigenvalue weighted by molar-refractivity contribution is 6.39. The van der Waals surface area contributed by atoms with Crippen LogP contribution in [0.25, 0.3) is 11.8 Å². The monoisotopic (exact) mass is 497 g/mol. The molecule has 36 heavy (non-hydrogen) atoms. The van der Waals surface area contributed by atoms with Crippen molar-refractivity contribution in [1.29, 1.82) is 0 Å². The van der Waals surface area contributed by atoms with Crippen LogP contribution in [0, 0.1) is 13.8 Å². The van der Waals surface area contributed by atoms with Crippen molar-refractivity contribution < 1.29 is 32.3 Å². The molecule has 2 aromatic carbocycles. The van der Waals surface area contributed by atoms with Crippen molar-refractivity contribution in [2.24, 2.45) is 0 Å². The number of aryl methyl sites for hydroxylation is 1. The average Bonchev–Trinajstić information content (AvgIpc) is 3.09. The normalized spacial score (nSPS) is 15.4. The van der Waals surface area contributed by atoms with Gasteiger partial charge in [0.2, 0.25) is 0 Å². The fourth-order valence-electron chi connectivity index (χ4n) is 4.14. The zero-order valence-electron chi connectivity index (χ0n) is 19.6. The van der Waals surface area contributed by atoms with E-state index in [1.807, 2.05) is 0 Å². The number of para-hydroxylation sites is 1. The standard InChI is InChI=1S/C26H22F3N3O4/c1-4-36-19-9-7-8-18(14-19)32-24(34)20(23(33)30-25(32)35)13-17-12-15(2)31(16(17)3)22-11-6-5-10-21(22)26(27,28)29/h5-14H,4H2,1-3H3,(H,30,33,35)/b20-13+. The first-order valence-corrected chi connectivity index (χ1v) is 11.0. The molecule has 0 aliphatic carbocycles. The summed E-state index contributed by atoms with van der Waals surface area (Å²) in [6.07, 6.45) is -3.30. The van der Waals surface area contributed by atoms with Gasteiger partial charge in [0.25, 0.3) is 11.8 Å². The van der Waals surface area contributed by atoms with Gasteiger partial charge in [-0.1, -0.05) is 18.2 Å². The van der Waals surface area contributed by atoms with Crippen LogP contribution in [0.2, 0.25) is 0 Å². The van der Waals surface area contributed by atoms with Crippen LogP contribution < -0.4 is 15.0 Å². The molecule has 0 unspecified atom stereocenters. The summed E-state index contributed by atoms with van der Waals surface area (Å²) < 4.78 is 47.7. The molecule has 1 aromatic heterocycles. The maximum atomic E-state index is 13.6. The highest BCUT2D eigenvalue weighted by atomic mass is 19.4. The summed E-state index contributed by atoms with van der Waals surface area (Å²) >= 11 is 0. The van der Waals surface area contributed by atoms with Gasteiger partial charge in [0.1, 0.15) is 11.3 Å². The Kier molecular flexibility index (Phi) is 6.45. The molecule has 0 saturated carbocycles. The van der Waals surface area contributed by atoms with Gasteiger partial charge >= 0.3 is 12.2 Å². The quantitative estimate of drug-likeness (QED) is 0.389. The lowest BCUT2D eigenvalue weighted by molar-refractivity contribution is -0.137. The maximum absolute atomic E-state index is 13.6. The Balaban J connectivity index is 1.78. The molecule has 4 amide bonds. The molecule has 2 heterocycles. The van der Waals surface area contributed by atoms with Crippen LogP contribution >= 0.6 is 0 Å². The molecular weight excluding hydrogens is 475 g/mol. The second kappa shape index (κ2) is 9.37. The number of nitrogens with zero attached hydrogens (tertiary/aromatic N) is 2. The van der Waals surface area contributed by atoms with Crippen LogP contribution in [0.1, 0.15) is 29.4 Å². The Hall–Kier alpha value is -4.34. The molecule has 0 spiro atoms. The molecule has 0 bridgehead atoms. The zero-order chi connectivity index (χ0) is 26.2. The first-order valence-electron chi connectivity index (χ1n) is 11.0. The van der Waals surface area contributed by atoms with Crippen molar-refractivity contribution >= 4 is 29.6 Å². The first kappa shape index (κ1) is 24.8. The molecule has 1 saturated heterocycles. The van der Waals surface area contributed by atoms with Gasteiger partial charge in [-0.05, 0) is 62.7 Å². The summed E-state index contributed by atoms with van der Waals surface area (Å²) in [5, 5.41) is 2.14. The first-order chi connectivity index (χ1) is 17.0. The molecule has 3 aromatic rings. The number of imide groups is 2. The fraction of sp³-hybridized carbons (Fsp3) is 0.192. The van der Waals surface area contributed by atoms with Gasteiger partial charge in [0.05, 0.1) is 23.5 Å². The van der Waals surface area contributed by atoms with Crippen molar-refractivity contribution in [3.05, 3.63) is 82.7 Å². The van der Waals surface area contributed by atoms with Crippen LogP contribution in [0.5, 0.6) is 5.75 Å². The third kappa shape index (κ3) is 4.49. The van der Waals surface area contributed by atoms with E-state index in [2.05, 4.69) is 5.32 Å². The Labute approximate surface area is 204 Å². The lowest BCUT2D eigenvalue weighted by atomic mass is 10.1. The van der Waals surface area contributed by atoms with Gasteiger partial charge in [0, 0.05) is 17.5 Å². The van der Waals surface area contributed by atoms with E-state index in [9.17, 15) is 27.6 Å². The zero-order valence-corrected chi connectivity index (χ0v) is 19.6. The summed E-state index contributed by atoms with van der Waals surface area (Å²) in [5.74, 6) is -1.33. The van der Waals surface area contributed by atoms with Crippen molar-refractivity contribution in [3.63, 3.8) is 0 Å². The molecule has 1 aliphatic heterocycles. The highest BCUT2D eigenvalue weighted by Crippen LogP contribution is 2.36. The maximum Gasteiger partial charge on any atom is 0.418 e.